The van der Waals surface area contributed by atoms with Crippen LogP contribution in [0.1, 0.15) is 30.9 Å². The number of nitrogens with zero attached hydrogens (tertiary/aromatic N) is 1. The lowest BCUT2D eigenvalue weighted by Crippen LogP contribution is -2.45. The number of ether oxygens (including phenoxy) is 2. The van der Waals surface area contributed by atoms with Crippen LogP contribution in [0.2, 0.25) is 5.02 Å². The monoisotopic (exact) mass is 353 g/mol. The van der Waals surface area contributed by atoms with Gasteiger partial charge in [0.15, 0.2) is 6.10 Å². The minimum absolute atomic E-state index is 0.0661. The van der Waals surface area contributed by atoms with Crippen molar-refractivity contribution in [2.75, 3.05) is 20.2 Å². The predicted octanol–water partition coefficient (Wildman–Crippen LogP) is 3.14. The highest BCUT2D eigenvalue weighted by Gasteiger charge is 2.30. The number of benzene rings is 1. The lowest BCUT2D eigenvalue weighted by Gasteiger charge is -2.32. The van der Waals surface area contributed by atoms with Crippen molar-refractivity contribution in [3.63, 3.8) is 0 Å². The molecule has 1 heterocycles. The van der Waals surface area contributed by atoms with Crippen molar-refractivity contribution in [3.8, 4) is 5.75 Å². The fraction of sp³-hybridized carbons (Fsp3) is 0.556. The highest BCUT2D eigenvalue weighted by molar-refractivity contribution is 6.32. The van der Waals surface area contributed by atoms with Crippen molar-refractivity contribution in [2.45, 2.75) is 39.7 Å². The number of piperidine rings is 1. The highest BCUT2D eigenvalue weighted by Crippen LogP contribution is 2.27. The zero-order valence-electron chi connectivity index (χ0n) is 14.6. The van der Waals surface area contributed by atoms with Crippen molar-refractivity contribution >= 4 is 23.5 Å². The van der Waals surface area contributed by atoms with Gasteiger partial charge in [0.05, 0.1) is 13.0 Å². The van der Waals surface area contributed by atoms with Gasteiger partial charge in [-0.25, -0.2) is 0 Å². The number of halogens is 1. The van der Waals surface area contributed by atoms with Gasteiger partial charge in [-0.1, -0.05) is 11.6 Å². The van der Waals surface area contributed by atoms with Crippen molar-refractivity contribution in [3.05, 3.63) is 28.3 Å². The lowest BCUT2D eigenvalue weighted by atomic mass is 9.97. The van der Waals surface area contributed by atoms with Gasteiger partial charge in [0.2, 0.25) is 0 Å². The number of rotatable bonds is 4. The molecule has 1 aromatic carbocycles. The molecular weight excluding hydrogens is 330 g/mol. The molecule has 1 fully saturated rings. The molecule has 5 nitrogen and oxygen atoms in total. The van der Waals surface area contributed by atoms with Gasteiger partial charge < -0.3 is 14.4 Å². The number of amides is 1. The largest absolute Gasteiger partial charge is 0.481 e. The van der Waals surface area contributed by atoms with Crippen LogP contribution in [-0.4, -0.2) is 43.1 Å². The second-order valence-electron chi connectivity index (χ2n) is 6.25. The number of carbonyl (C=O) groups is 2. The van der Waals surface area contributed by atoms with Crippen LogP contribution in [-0.2, 0) is 14.3 Å². The average Bonchev–Trinajstić information content (AvgIpc) is 2.58. The summed E-state index contributed by atoms with van der Waals surface area (Å²) in [7, 11) is 1.39. The molecule has 0 radical (unpaired) electrons. The van der Waals surface area contributed by atoms with Crippen LogP contribution >= 0.6 is 11.6 Å². The van der Waals surface area contributed by atoms with E-state index in [-0.39, 0.29) is 17.8 Å². The minimum Gasteiger partial charge on any atom is -0.481 e. The highest BCUT2D eigenvalue weighted by atomic mass is 35.5. The van der Waals surface area contributed by atoms with Crippen LogP contribution in [0.5, 0.6) is 5.75 Å². The number of esters is 1. The smallest absolute Gasteiger partial charge is 0.308 e. The summed E-state index contributed by atoms with van der Waals surface area (Å²) in [4.78, 5) is 25.8. The molecule has 1 saturated heterocycles. The molecule has 2 rings (SSSR count). The van der Waals surface area contributed by atoms with Crippen LogP contribution in [0.15, 0.2) is 12.1 Å². The quantitative estimate of drug-likeness (QED) is 0.780. The summed E-state index contributed by atoms with van der Waals surface area (Å²) >= 11 is 6.15. The topological polar surface area (TPSA) is 55.8 Å². The third-order valence-corrected chi connectivity index (χ3v) is 5.01. The third-order valence-electron chi connectivity index (χ3n) is 4.41. The van der Waals surface area contributed by atoms with Gasteiger partial charge in [0, 0.05) is 18.1 Å². The van der Waals surface area contributed by atoms with Gasteiger partial charge in [0.25, 0.3) is 5.91 Å². The summed E-state index contributed by atoms with van der Waals surface area (Å²) < 4.78 is 10.6. The molecule has 1 aromatic rings. The van der Waals surface area contributed by atoms with Gasteiger partial charge in [-0.3, -0.25) is 9.59 Å². The maximum absolute atomic E-state index is 12.5. The molecule has 0 aliphatic carbocycles. The van der Waals surface area contributed by atoms with E-state index in [1.165, 1.54) is 7.11 Å². The number of hydrogen-bond donors (Lipinski definition) is 0. The molecule has 1 aliphatic heterocycles. The molecule has 0 unspecified atom stereocenters. The summed E-state index contributed by atoms with van der Waals surface area (Å²) in [5, 5.41) is 0.714. The Morgan fingerprint density at radius 2 is 1.75 bits per heavy atom. The summed E-state index contributed by atoms with van der Waals surface area (Å²) in [5.41, 5.74) is 1.84. The zero-order valence-corrected chi connectivity index (χ0v) is 15.4. The Morgan fingerprint density at radius 1 is 1.21 bits per heavy atom. The minimum atomic E-state index is -0.584. The molecule has 0 N–H and O–H groups in total. The summed E-state index contributed by atoms with van der Waals surface area (Å²) in [6, 6.07) is 3.67. The van der Waals surface area contributed by atoms with E-state index in [1.807, 2.05) is 26.0 Å². The predicted molar refractivity (Wildman–Crippen MR) is 92.3 cm³/mol. The molecule has 1 atom stereocenters. The second-order valence-corrected chi connectivity index (χ2v) is 6.63. The van der Waals surface area contributed by atoms with E-state index >= 15 is 0 Å². The first-order valence-corrected chi connectivity index (χ1v) is 8.51. The van der Waals surface area contributed by atoms with Gasteiger partial charge in [-0.15, -0.1) is 0 Å². The van der Waals surface area contributed by atoms with Crippen molar-refractivity contribution < 1.29 is 19.1 Å². The van der Waals surface area contributed by atoms with E-state index < -0.39 is 6.10 Å². The molecule has 0 aromatic heterocycles. The van der Waals surface area contributed by atoms with E-state index in [1.54, 1.807) is 11.8 Å². The van der Waals surface area contributed by atoms with E-state index in [0.29, 0.717) is 36.7 Å². The first kappa shape index (κ1) is 18.6. The van der Waals surface area contributed by atoms with Gasteiger partial charge in [-0.05, 0) is 56.9 Å². The number of methoxy groups -OCH3 is 1. The van der Waals surface area contributed by atoms with E-state index in [4.69, 9.17) is 21.1 Å². The molecule has 0 saturated carbocycles. The maximum Gasteiger partial charge on any atom is 0.308 e. The lowest BCUT2D eigenvalue weighted by molar-refractivity contribution is -0.150. The van der Waals surface area contributed by atoms with E-state index in [9.17, 15) is 9.59 Å². The summed E-state index contributed by atoms with van der Waals surface area (Å²) in [5.74, 6) is 0.263. The van der Waals surface area contributed by atoms with Crippen LogP contribution < -0.4 is 4.74 Å². The Bertz CT molecular complexity index is 600. The van der Waals surface area contributed by atoms with Crippen molar-refractivity contribution in [1.82, 2.24) is 4.90 Å². The Kier molecular flexibility index (Phi) is 6.10. The van der Waals surface area contributed by atoms with Gasteiger partial charge >= 0.3 is 5.97 Å². The van der Waals surface area contributed by atoms with E-state index in [0.717, 1.165) is 11.1 Å². The number of likely N-dealkylation sites (tertiary alicyclic amines) is 1. The standard InChI is InChI=1S/C18H24ClNO4/c1-11-9-15(10-12(2)16(11)19)24-13(3)17(21)20-7-5-14(6-8-20)18(22)23-4/h9-10,13-14H,5-8H2,1-4H3/t13-/m0/s1. The first-order chi connectivity index (χ1) is 11.3. The van der Waals surface area contributed by atoms with Crippen LogP contribution in [0.25, 0.3) is 0 Å². The van der Waals surface area contributed by atoms with Crippen molar-refractivity contribution in [2.24, 2.45) is 5.92 Å². The maximum atomic E-state index is 12.5. The Balaban J connectivity index is 1.95. The first-order valence-electron chi connectivity index (χ1n) is 8.13. The second kappa shape index (κ2) is 7.88. The molecule has 1 aliphatic rings. The Morgan fingerprint density at radius 3 is 2.25 bits per heavy atom. The van der Waals surface area contributed by atoms with Crippen LogP contribution in [0.4, 0.5) is 0 Å². The van der Waals surface area contributed by atoms with Crippen LogP contribution in [0, 0.1) is 19.8 Å². The SMILES string of the molecule is COC(=O)C1CCN(C(=O)[C@H](C)Oc2cc(C)c(Cl)c(C)c2)CC1. The molecule has 1 amide bonds. The Labute approximate surface area is 147 Å². The molecule has 0 bridgehead atoms. The fourth-order valence-corrected chi connectivity index (χ4v) is 3.10. The summed E-state index contributed by atoms with van der Waals surface area (Å²) in [6.45, 7) is 6.66. The molecule has 6 heteroatoms. The molecular formula is C18H24ClNO4. The summed E-state index contributed by atoms with van der Waals surface area (Å²) in [6.07, 6.45) is 0.675. The molecule has 132 valence electrons. The van der Waals surface area contributed by atoms with Gasteiger partial charge in [-0.2, -0.15) is 0 Å². The molecule has 0 spiro atoms. The average molecular weight is 354 g/mol. The number of carbonyl (C=O) groups excluding carboxylic acids is 2. The van der Waals surface area contributed by atoms with Crippen LogP contribution in [0.3, 0.4) is 0 Å². The Hall–Kier alpha value is -1.75. The zero-order chi connectivity index (χ0) is 17.9. The van der Waals surface area contributed by atoms with Gasteiger partial charge in [0.1, 0.15) is 5.75 Å². The third kappa shape index (κ3) is 4.20. The normalized spacial score (nSPS) is 16.6. The van der Waals surface area contributed by atoms with E-state index in [2.05, 4.69) is 0 Å². The molecule has 24 heavy (non-hydrogen) atoms. The number of aryl methyl sites for hydroxylation is 2. The number of hydrogen-bond acceptors (Lipinski definition) is 4. The fourth-order valence-electron chi connectivity index (χ4n) is 2.99. The van der Waals surface area contributed by atoms with Crippen molar-refractivity contribution in [1.29, 1.82) is 0 Å².